The number of carbonyl (C=O) groups is 4. The van der Waals surface area contributed by atoms with Gasteiger partial charge in [0, 0.05) is 24.9 Å². The summed E-state index contributed by atoms with van der Waals surface area (Å²) in [5, 5.41) is 2.46. The van der Waals surface area contributed by atoms with Crippen LogP contribution in [0.15, 0.2) is 48.5 Å². The number of imide groups is 1. The number of halogens is 1. The zero-order chi connectivity index (χ0) is 20.1. The lowest BCUT2D eigenvalue weighted by Gasteiger charge is -2.14. The van der Waals surface area contributed by atoms with Gasteiger partial charge in [-0.05, 0) is 24.3 Å². The van der Waals surface area contributed by atoms with E-state index in [0.717, 1.165) is 4.90 Å². The molecule has 0 bridgehead atoms. The van der Waals surface area contributed by atoms with E-state index in [-0.39, 0.29) is 42.5 Å². The SMILES string of the molecule is O=C(COC(=O)c1cccc(N2C(=O)CCC2=O)c1)NCc1ccccc1F. The number of carbonyl (C=O) groups excluding carboxylic acids is 4. The van der Waals surface area contributed by atoms with Crippen LogP contribution < -0.4 is 10.2 Å². The van der Waals surface area contributed by atoms with Gasteiger partial charge in [0.1, 0.15) is 5.82 Å². The smallest absolute Gasteiger partial charge is 0.338 e. The molecular weight excluding hydrogens is 367 g/mol. The van der Waals surface area contributed by atoms with Crippen molar-refractivity contribution in [2.24, 2.45) is 0 Å². The minimum atomic E-state index is -0.776. The summed E-state index contributed by atoms with van der Waals surface area (Å²) in [4.78, 5) is 48.6. The lowest BCUT2D eigenvalue weighted by molar-refractivity contribution is -0.124. The van der Waals surface area contributed by atoms with Gasteiger partial charge in [0.05, 0.1) is 11.3 Å². The van der Waals surface area contributed by atoms with Gasteiger partial charge in [-0.15, -0.1) is 0 Å². The van der Waals surface area contributed by atoms with Crippen molar-refractivity contribution in [3.8, 4) is 0 Å². The third kappa shape index (κ3) is 4.40. The Morgan fingerprint density at radius 1 is 1.04 bits per heavy atom. The minimum absolute atomic E-state index is 0.0300. The second kappa shape index (κ2) is 8.43. The van der Waals surface area contributed by atoms with Crippen LogP contribution in [0.5, 0.6) is 0 Å². The third-order valence-electron chi connectivity index (χ3n) is 4.16. The molecule has 0 spiro atoms. The molecule has 0 aromatic heterocycles. The van der Waals surface area contributed by atoms with Gasteiger partial charge in [-0.2, -0.15) is 0 Å². The van der Waals surface area contributed by atoms with E-state index in [1.165, 1.54) is 30.3 Å². The molecule has 2 aromatic rings. The first kappa shape index (κ1) is 19.2. The van der Waals surface area contributed by atoms with Gasteiger partial charge in [0.15, 0.2) is 6.61 Å². The summed E-state index contributed by atoms with van der Waals surface area (Å²) >= 11 is 0. The van der Waals surface area contributed by atoms with Crippen molar-refractivity contribution in [2.45, 2.75) is 19.4 Å². The number of nitrogens with one attached hydrogen (secondary N) is 1. The number of hydrogen-bond donors (Lipinski definition) is 1. The first-order valence-electron chi connectivity index (χ1n) is 8.59. The van der Waals surface area contributed by atoms with Gasteiger partial charge in [0.25, 0.3) is 5.91 Å². The predicted octanol–water partition coefficient (Wildman–Crippen LogP) is 1.95. The number of rotatable bonds is 6. The molecule has 2 aromatic carbocycles. The normalized spacial score (nSPS) is 13.5. The maximum Gasteiger partial charge on any atom is 0.338 e. The Balaban J connectivity index is 1.55. The largest absolute Gasteiger partial charge is 0.452 e. The molecule has 1 aliphatic rings. The summed E-state index contributed by atoms with van der Waals surface area (Å²) < 4.78 is 18.5. The van der Waals surface area contributed by atoms with Crippen molar-refractivity contribution in [1.82, 2.24) is 5.32 Å². The Hall–Kier alpha value is -3.55. The molecule has 28 heavy (non-hydrogen) atoms. The van der Waals surface area contributed by atoms with Crippen molar-refractivity contribution >= 4 is 29.4 Å². The Morgan fingerprint density at radius 3 is 2.46 bits per heavy atom. The van der Waals surface area contributed by atoms with Crippen molar-refractivity contribution in [2.75, 3.05) is 11.5 Å². The molecule has 7 nitrogen and oxygen atoms in total. The fourth-order valence-corrected chi connectivity index (χ4v) is 2.74. The molecule has 3 amide bonds. The zero-order valence-electron chi connectivity index (χ0n) is 14.8. The first-order chi connectivity index (χ1) is 13.5. The maximum absolute atomic E-state index is 13.5. The van der Waals surface area contributed by atoms with E-state index in [2.05, 4.69) is 5.32 Å². The summed E-state index contributed by atoms with van der Waals surface area (Å²) in [5.74, 6) is -2.46. The standard InChI is InChI=1S/C20H17FN2O5/c21-16-7-2-1-4-14(16)11-22-17(24)12-28-20(27)13-5-3-6-15(10-13)23-18(25)8-9-19(23)26/h1-7,10H,8-9,11-12H2,(H,22,24). The molecule has 0 saturated carbocycles. The van der Waals surface area contributed by atoms with E-state index in [1.807, 2.05) is 0 Å². The molecule has 3 rings (SSSR count). The van der Waals surface area contributed by atoms with Gasteiger partial charge >= 0.3 is 5.97 Å². The van der Waals surface area contributed by atoms with E-state index in [9.17, 15) is 23.6 Å². The highest BCUT2D eigenvalue weighted by atomic mass is 19.1. The van der Waals surface area contributed by atoms with E-state index in [1.54, 1.807) is 18.2 Å². The molecule has 144 valence electrons. The van der Waals surface area contributed by atoms with Crippen LogP contribution in [0.25, 0.3) is 0 Å². The van der Waals surface area contributed by atoms with Crippen LogP contribution in [0, 0.1) is 5.82 Å². The van der Waals surface area contributed by atoms with Gasteiger partial charge in [0.2, 0.25) is 11.8 Å². The first-order valence-corrected chi connectivity index (χ1v) is 8.59. The Labute approximate surface area is 160 Å². The van der Waals surface area contributed by atoms with Crippen LogP contribution >= 0.6 is 0 Å². The molecular formula is C20H17FN2O5. The quantitative estimate of drug-likeness (QED) is 0.607. The molecule has 0 aliphatic carbocycles. The second-order valence-corrected chi connectivity index (χ2v) is 6.12. The molecule has 1 saturated heterocycles. The van der Waals surface area contributed by atoms with Crippen molar-refractivity contribution in [3.63, 3.8) is 0 Å². The number of esters is 1. The highest BCUT2D eigenvalue weighted by molar-refractivity contribution is 6.20. The molecule has 1 aliphatic heterocycles. The van der Waals surface area contributed by atoms with Gasteiger partial charge in [-0.25, -0.2) is 9.18 Å². The highest BCUT2D eigenvalue weighted by Gasteiger charge is 2.30. The van der Waals surface area contributed by atoms with Crippen LogP contribution in [0.3, 0.4) is 0 Å². The third-order valence-corrected chi connectivity index (χ3v) is 4.16. The molecule has 1 heterocycles. The molecule has 0 unspecified atom stereocenters. The zero-order valence-corrected chi connectivity index (χ0v) is 14.8. The van der Waals surface area contributed by atoms with Gasteiger partial charge in [-0.3, -0.25) is 19.3 Å². The number of nitrogens with zero attached hydrogens (tertiary/aromatic N) is 1. The lowest BCUT2D eigenvalue weighted by Crippen LogP contribution is -2.29. The summed E-state index contributed by atoms with van der Waals surface area (Å²) in [6.07, 6.45) is 0.269. The average molecular weight is 384 g/mol. The molecule has 0 atom stereocenters. The Kier molecular flexibility index (Phi) is 5.78. The maximum atomic E-state index is 13.5. The van der Waals surface area contributed by atoms with Gasteiger partial charge < -0.3 is 10.1 Å². The van der Waals surface area contributed by atoms with Crippen molar-refractivity contribution in [3.05, 3.63) is 65.5 Å². The lowest BCUT2D eigenvalue weighted by atomic mass is 10.2. The van der Waals surface area contributed by atoms with Crippen molar-refractivity contribution in [1.29, 1.82) is 0 Å². The van der Waals surface area contributed by atoms with Crippen molar-refractivity contribution < 1.29 is 28.3 Å². The van der Waals surface area contributed by atoms with Gasteiger partial charge in [-0.1, -0.05) is 24.3 Å². The fourth-order valence-electron chi connectivity index (χ4n) is 2.74. The summed E-state index contributed by atoms with van der Waals surface area (Å²) in [7, 11) is 0. The van der Waals surface area contributed by atoms with E-state index >= 15 is 0 Å². The monoisotopic (exact) mass is 384 g/mol. The van der Waals surface area contributed by atoms with E-state index < -0.39 is 24.3 Å². The summed E-state index contributed by atoms with van der Waals surface area (Å²) in [6.45, 7) is -0.573. The summed E-state index contributed by atoms with van der Waals surface area (Å²) in [5.41, 5.74) is 0.702. The van der Waals surface area contributed by atoms with E-state index in [0.29, 0.717) is 5.56 Å². The Bertz CT molecular complexity index is 928. The average Bonchev–Trinajstić information content (AvgIpc) is 3.03. The van der Waals surface area contributed by atoms with Crippen LogP contribution in [0.1, 0.15) is 28.8 Å². The fraction of sp³-hybridized carbons (Fsp3) is 0.200. The van der Waals surface area contributed by atoms with Crippen LogP contribution in [0.2, 0.25) is 0 Å². The molecule has 0 radical (unpaired) electrons. The number of amides is 3. The molecule has 8 heteroatoms. The number of benzene rings is 2. The minimum Gasteiger partial charge on any atom is -0.452 e. The van der Waals surface area contributed by atoms with Crippen LogP contribution in [0.4, 0.5) is 10.1 Å². The second-order valence-electron chi connectivity index (χ2n) is 6.12. The number of anilines is 1. The Morgan fingerprint density at radius 2 is 1.75 bits per heavy atom. The summed E-state index contributed by atoms with van der Waals surface area (Å²) in [6, 6.07) is 11.9. The molecule has 1 fully saturated rings. The topological polar surface area (TPSA) is 92.8 Å². The predicted molar refractivity (Wildman–Crippen MR) is 96.7 cm³/mol. The molecule has 1 N–H and O–H groups in total. The highest BCUT2D eigenvalue weighted by Crippen LogP contribution is 2.23. The number of hydrogen-bond acceptors (Lipinski definition) is 5. The number of ether oxygens (including phenoxy) is 1. The van der Waals surface area contributed by atoms with Crippen LogP contribution in [-0.4, -0.2) is 30.3 Å². The van der Waals surface area contributed by atoms with E-state index in [4.69, 9.17) is 4.74 Å². The van der Waals surface area contributed by atoms with Crippen LogP contribution in [-0.2, 0) is 25.7 Å².